The van der Waals surface area contributed by atoms with E-state index in [1.165, 1.54) is 27.8 Å². The van der Waals surface area contributed by atoms with Crippen molar-refractivity contribution in [3.63, 3.8) is 0 Å². The van der Waals surface area contributed by atoms with Gasteiger partial charge in [-0.3, -0.25) is 14.6 Å². The average Bonchev–Trinajstić information content (AvgIpc) is 2.96. The topological polar surface area (TPSA) is 55.8 Å². The number of carbonyl (C=O) groups excluding carboxylic acids is 1. The van der Waals surface area contributed by atoms with Crippen molar-refractivity contribution in [2.45, 2.75) is 76.5 Å². The molecule has 6 rings (SSSR count). The number of nitrogens with one attached hydrogen (secondary N) is 1. The van der Waals surface area contributed by atoms with Gasteiger partial charge in [0.1, 0.15) is 5.75 Å². The third-order valence-electron chi connectivity index (χ3n) is 10.0. The van der Waals surface area contributed by atoms with Crippen molar-refractivity contribution >= 4 is 30.7 Å². The number of rotatable bonds is 7. The van der Waals surface area contributed by atoms with E-state index in [9.17, 15) is 9.90 Å². The number of halogens is 2. The third kappa shape index (κ3) is 6.81. The van der Waals surface area contributed by atoms with Crippen molar-refractivity contribution in [2.75, 3.05) is 19.6 Å². The fourth-order valence-electron chi connectivity index (χ4n) is 7.74. The maximum Gasteiger partial charge on any atom is 0.221 e. The number of amides is 1. The van der Waals surface area contributed by atoms with Gasteiger partial charge >= 0.3 is 0 Å². The van der Waals surface area contributed by atoms with Gasteiger partial charge in [0.15, 0.2) is 0 Å². The maximum absolute atomic E-state index is 13.3. The molecule has 1 saturated carbocycles. The van der Waals surface area contributed by atoms with Crippen LogP contribution in [0.3, 0.4) is 0 Å². The van der Waals surface area contributed by atoms with E-state index in [4.69, 9.17) is 0 Å². The number of phenolic OH excluding ortho intramolecular Hbond substituents is 1. The van der Waals surface area contributed by atoms with Crippen molar-refractivity contribution in [2.24, 2.45) is 5.92 Å². The van der Waals surface area contributed by atoms with Crippen molar-refractivity contribution in [3.8, 4) is 5.75 Å². The highest BCUT2D eigenvalue weighted by Gasteiger charge is 2.51. The number of aryl methyl sites for hydroxylation is 1. The van der Waals surface area contributed by atoms with E-state index < -0.39 is 0 Å². The summed E-state index contributed by atoms with van der Waals surface area (Å²) in [6.07, 6.45) is 4.55. The molecule has 42 heavy (non-hydrogen) atoms. The summed E-state index contributed by atoms with van der Waals surface area (Å²) in [5.41, 5.74) is 6.71. The van der Waals surface area contributed by atoms with Crippen LogP contribution in [0, 0.1) is 12.8 Å². The smallest absolute Gasteiger partial charge is 0.221 e. The number of piperidine rings is 1. The van der Waals surface area contributed by atoms with Crippen molar-refractivity contribution < 1.29 is 9.90 Å². The summed E-state index contributed by atoms with van der Waals surface area (Å²) < 4.78 is 0. The summed E-state index contributed by atoms with van der Waals surface area (Å²) in [4.78, 5) is 18.4. The number of hydrogen-bond acceptors (Lipinski definition) is 4. The minimum Gasteiger partial charge on any atom is -0.508 e. The summed E-state index contributed by atoms with van der Waals surface area (Å²) in [7, 11) is 0. The molecule has 2 bridgehead atoms. The molecule has 2 N–H and O–H groups in total. The Labute approximate surface area is 263 Å². The third-order valence-corrected chi connectivity index (χ3v) is 10.0. The van der Waals surface area contributed by atoms with Crippen LogP contribution in [0.15, 0.2) is 72.8 Å². The molecule has 1 amide bonds. The quantitative estimate of drug-likeness (QED) is 0.324. The Bertz CT molecular complexity index is 1370. The van der Waals surface area contributed by atoms with Crippen LogP contribution in [0.2, 0.25) is 0 Å². The predicted molar refractivity (Wildman–Crippen MR) is 175 cm³/mol. The Morgan fingerprint density at radius 3 is 2.55 bits per heavy atom. The van der Waals surface area contributed by atoms with Gasteiger partial charge in [-0.05, 0) is 78.5 Å². The highest BCUT2D eigenvalue weighted by Crippen LogP contribution is 2.50. The number of likely N-dealkylation sites (tertiary alicyclic amines) is 1. The van der Waals surface area contributed by atoms with E-state index in [0.29, 0.717) is 24.1 Å². The molecule has 3 aromatic rings. The van der Waals surface area contributed by atoms with E-state index >= 15 is 0 Å². The number of hydrogen-bond donors (Lipinski definition) is 2. The Morgan fingerprint density at radius 2 is 1.76 bits per heavy atom. The monoisotopic (exact) mass is 609 g/mol. The first-order chi connectivity index (χ1) is 19.4. The van der Waals surface area contributed by atoms with Crippen LogP contribution >= 0.6 is 24.8 Å². The Morgan fingerprint density at radius 1 is 1.00 bits per heavy atom. The first kappa shape index (κ1) is 32.3. The summed E-state index contributed by atoms with van der Waals surface area (Å²) in [5.74, 6) is 0.892. The Hall–Kier alpha value is -2.57. The van der Waals surface area contributed by atoms with Gasteiger partial charge in [-0.15, -0.1) is 24.8 Å². The van der Waals surface area contributed by atoms with Gasteiger partial charge in [-0.25, -0.2) is 0 Å². The van der Waals surface area contributed by atoms with E-state index in [0.717, 1.165) is 58.4 Å². The maximum atomic E-state index is 13.3. The standard InChI is InChI=1S/C35H43N3O2.2ClH/c1-25-8-3-4-10-28(25)24-38-22-26(2)35(30-12-7-13-33(39)18-30)20-31(19-32(38)21-35)36-34(40)15-17-37-16-14-27-9-5-6-11-29(27)23-37;;/h3-13,18,26,31-32,39H,14-17,19-24H2,1-2H3,(H,36,40);2*1H/t26-,31+,32+,35+;;/m1../s1. The van der Waals surface area contributed by atoms with Crippen LogP contribution in [-0.4, -0.2) is 52.5 Å². The van der Waals surface area contributed by atoms with Gasteiger partial charge in [0, 0.05) is 56.6 Å². The minimum atomic E-state index is -0.0571. The molecule has 1 saturated heterocycles. The lowest BCUT2D eigenvalue weighted by Crippen LogP contribution is -2.61. The predicted octanol–water partition coefficient (Wildman–Crippen LogP) is 6.42. The van der Waals surface area contributed by atoms with Crippen LogP contribution in [0.1, 0.15) is 60.4 Å². The molecule has 2 fully saturated rings. The largest absolute Gasteiger partial charge is 0.508 e. The molecule has 2 heterocycles. The van der Waals surface area contributed by atoms with Crippen molar-refractivity contribution in [3.05, 3.63) is 101 Å². The first-order valence-corrected chi connectivity index (χ1v) is 15.1. The Balaban J connectivity index is 0.00000202. The SMILES string of the molecule is Cc1ccccc1CN1C[C@@H](C)[C@]2(c3cccc(O)c3)C[C@@H](NC(=O)CCN3CCc4ccccc4C3)C[C@H]1C2.Cl.Cl. The van der Waals surface area contributed by atoms with Crippen molar-refractivity contribution in [1.82, 2.24) is 15.1 Å². The Kier molecular flexibility index (Phi) is 10.6. The summed E-state index contributed by atoms with van der Waals surface area (Å²) in [6.45, 7) is 9.27. The van der Waals surface area contributed by atoms with E-state index in [1.54, 1.807) is 6.07 Å². The van der Waals surface area contributed by atoms with Crippen LogP contribution in [0.5, 0.6) is 5.75 Å². The van der Waals surface area contributed by atoms with Crippen LogP contribution in [0.4, 0.5) is 0 Å². The normalized spacial score (nSPS) is 25.4. The van der Waals surface area contributed by atoms with Crippen LogP contribution in [-0.2, 0) is 29.7 Å². The number of nitrogens with zero attached hydrogens (tertiary/aromatic N) is 2. The molecular formula is C35H45Cl2N3O2. The lowest BCUT2D eigenvalue weighted by molar-refractivity contribution is -0.123. The zero-order chi connectivity index (χ0) is 27.7. The van der Waals surface area contributed by atoms with Crippen molar-refractivity contribution in [1.29, 1.82) is 0 Å². The van der Waals surface area contributed by atoms with Crippen LogP contribution in [0.25, 0.3) is 0 Å². The molecule has 0 spiro atoms. The van der Waals surface area contributed by atoms with Gasteiger partial charge in [-0.1, -0.05) is 67.6 Å². The van der Waals surface area contributed by atoms with Gasteiger partial charge in [-0.2, -0.15) is 0 Å². The molecule has 226 valence electrons. The average molecular weight is 611 g/mol. The molecule has 2 aliphatic heterocycles. The number of fused-ring (bicyclic) bond motifs is 3. The summed E-state index contributed by atoms with van der Waals surface area (Å²) in [6, 6.07) is 25.8. The lowest BCUT2D eigenvalue weighted by atomic mass is 9.57. The number of carbonyl (C=O) groups is 1. The molecule has 3 aromatic carbocycles. The van der Waals surface area contributed by atoms with Gasteiger partial charge < -0.3 is 10.4 Å². The number of phenols is 1. The number of benzene rings is 3. The second-order valence-electron chi connectivity index (χ2n) is 12.6. The lowest BCUT2D eigenvalue weighted by Gasteiger charge is -2.56. The summed E-state index contributed by atoms with van der Waals surface area (Å²) in [5, 5.41) is 13.9. The fourth-order valence-corrected chi connectivity index (χ4v) is 7.74. The molecule has 5 nitrogen and oxygen atoms in total. The molecule has 0 radical (unpaired) electrons. The van der Waals surface area contributed by atoms with Gasteiger partial charge in [0.2, 0.25) is 5.91 Å². The van der Waals surface area contributed by atoms with Gasteiger partial charge in [0.25, 0.3) is 0 Å². The van der Waals surface area contributed by atoms with E-state index in [2.05, 4.69) is 83.6 Å². The van der Waals surface area contributed by atoms with E-state index in [-0.39, 0.29) is 42.2 Å². The zero-order valence-corrected chi connectivity index (χ0v) is 26.4. The molecular weight excluding hydrogens is 565 g/mol. The van der Waals surface area contributed by atoms with Gasteiger partial charge in [0.05, 0.1) is 0 Å². The molecule has 1 aliphatic carbocycles. The van der Waals surface area contributed by atoms with E-state index in [1.807, 2.05) is 12.1 Å². The second kappa shape index (κ2) is 13.8. The van der Waals surface area contributed by atoms with Crippen LogP contribution < -0.4 is 5.32 Å². The second-order valence-corrected chi connectivity index (χ2v) is 12.6. The zero-order valence-electron chi connectivity index (χ0n) is 24.8. The first-order valence-electron chi connectivity index (χ1n) is 15.1. The molecule has 3 aliphatic rings. The minimum absolute atomic E-state index is 0. The number of aromatic hydroxyl groups is 1. The highest BCUT2D eigenvalue weighted by atomic mass is 35.5. The summed E-state index contributed by atoms with van der Waals surface area (Å²) >= 11 is 0. The fraction of sp³-hybridized carbons (Fsp3) is 0.457. The molecule has 0 aromatic heterocycles. The highest BCUT2D eigenvalue weighted by molar-refractivity contribution is 5.85. The molecule has 4 atom stereocenters. The molecule has 0 unspecified atom stereocenters. The molecule has 7 heteroatoms.